The zero-order valence-electron chi connectivity index (χ0n) is 17.2. The molecular formula is C20H15F3N2O6S2. The second-order valence-electron chi connectivity index (χ2n) is 6.51. The minimum Gasteiger partial charge on any atom is -0.465 e. The number of rotatable bonds is 4. The number of halogens is 3. The minimum atomic E-state index is -4.74. The highest BCUT2D eigenvalue weighted by molar-refractivity contribution is 7.80. The molecule has 33 heavy (non-hydrogen) atoms. The van der Waals surface area contributed by atoms with Crippen molar-refractivity contribution in [1.82, 2.24) is 0 Å². The molecule has 0 spiro atoms. The van der Waals surface area contributed by atoms with Gasteiger partial charge in [0, 0.05) is 23.2 Å². The molecule has 0 bridgehead atoms. The van der Waals surface area contributed by atoms with E-state index in [9.17, 15) is 27.6 Å². The molecule has 0 saturated heterocycles. The van der Waals surface area contributed by atoms with Crippen LogP contribution in [0.3, 0.4) is 0 Å². The van der Waals surface area contributed by atoms with E-state index in [4.69, 9.17) is 26.1 Å². The summed E-state index contributed by atoms with van der Waals surface area (Å²) in [5.74, 6) is -1.36. The summed E-state index contributed by atoms with van der Waals surface area (Å²) in [7, 11) is 2.37. The summed E-state index contributed by atoms with van der Waals surface area (Å²) >= 11 is 6.14. The van der Waals surface area contributed by atoms with Crippen molar-refractivity contribution in [3.63, 3.8) is 0 Å². The van der Waals surface area contributed by atoms with Crippen LogP contribution >= 0.6 is 23.6 Å². The van der Waals surface area contributed by atoms with E-state index in [1.165, 1.54) is 26.4 Å². The van der Waals surface area contributed by atoms with Crippen molar-refractivity contribution in [3.05, 3.63) is 56.3 Å². The molecule has 3 aromatic rings. The molecule has 0 fully saturated rings. The Balaban J connectivity index is 1.92. The molecule has 174 valence electrons. The lowest BCUT2D eigenvalue weighted by Crippen LogP contribution is -2.20. The maximum absolute atomic E-state index is 13.2. The van der Waals surface area contributed by atoms with Crippen molar-refractivity contribution in [1.29, 1.82) is 0 Å². The maximum atomic E-state index is 13.2. The quantitative estimate of drug-likeness (QED) is 0.303. The summed E-state index contributed by atoms with van der Waals surface area (Å²) in [6, 6.07) is 4.01. The Kier molecular flexibility index (Phi) is 6.74. The number of ether oxygens (including phenoxy) is 2. The maximum Gasteiger partial charge on any atom is 0.417 e. The molecule has 13 heteroatoms. The summed E-state index contributed by atoms with van der Waals surface area (Å²) < 4.78 is 54.0. The van der Waals surface area contributed by atoms with Gasteiger partial charge in [-0.05, 0) is 36.8 Å². The zero-order chi connectivity index (χ0) is 24.5. The number of alkyl halides is 3. The number of methoxy groups -OCH3 is 2. The smallest absolute Gasteiger partial charge is 0.417 e. The van der Waals surface area contributed by atoms with Crippen molar-refractivity contribution in [2.75, 3.05) is 24.9 Å². The fourth-order valence-corrected chi connectivity index (χ4v) is 4.38. The number of fused-ring (bicyclic) bond motifs is 1. The lowest BCUT2D eigenvalue weighted by Gasteiger charge is -2.12. The number of hydrogen-bond acceptors (Lipinski definition) is 8. The van der Waals surface area contributed by atoms with Crippen LogP contribution in [0.5, 0.6) is 0 Å². The largest absolute Gasteiger partial charge is 0.465 e. The van der Waals surface area contributed by atoms with Gasteiger partial charge in [0.15, 0.2) is 5.11 Å². The SMILES string of the molecule is COC(=O)c1sc(NC(=S)Nc2ccc3c(C(F)(F)F)cc(=O)oc3c2)c(C(=O)OC)c1C. The van der Waals surface area contributed by atoms with Crippen molar-refractivity contribution in [2.45, 2.75) is 13.1 Å². The minimum absolute atomic E-state index is 0.0495. The first-order valence-electron chi connectivity index (χ1n) is 8.99. The van der Waals surface area contributed by atoms with Gasteiger partial charge in [0.2, 0.25) is 0 Å². The fraction of sp³-hybridized carbons (Fsp3) is 0.200. The first kappa shape index (κ1) is 24.2. The number of hydrogen-bond donors (Lipinski definition) is 2. The van der Waals surface area contributed by atoms with Crippen LogP contribution in [-0.2, 0) is 15.7 Å². The highest BCUT2D eigenvalue weighted by Crippen LogP contribution is 2.36. The zero-order valence-corrected chi connectivity index (χ0v) is 18.8. The molecule has 3 rings (SSSR count). The van der Waals surface area contributed by atoms with Gasteiger partial charge in [-0.15, -0.1) is 11.3 Å². The van der Waals surface area contributed by atoms with Crippen molar-refractivity contribution in [2.24, 2.45) is 0 Å². The summed E-state index contributed by atoms with van der Waals surface area (Å²) in [6.45, 7) is 1.54. The second-order valence-corrected chi connectivity index (χ2v) is 7.94. The summed E-state index contributed by atoms with van der Waals surface area (Å²) in [4.78, 5) is 35.9. The molecule has 0 unspecified atom stereocenters. The third kappa shape index (κ3) is 4.98. The van der Waals surface area contributed by atoms with Gasteiger partial charge in [-0.2, -0.15) is 13.2 Å². The number of anilines is 2. The van der Waals surface area contributed by atoms with Gasteiger partial charge in [0.1, 0.15) is 15.5 Å². The van der Waals surface area contributed by atoms with Gasteiger partial charge >= 0.3 is 23.7 Å². The molecule has 8 nitrogen and oxygen atoms in total. The molecule has 0 radical (unpaired) electrons. The van der Waals surface area contributed by atoms with Crippen LogP contribution in [0.25, 0.3) is 11.0 Å². The molecule has 0 aliphatic carbocycles. The van der Waals surface area contributed by atoms with Gasteiger partial charge in [-0.1, -0.05) is 0 Å². The van der Waals surface area contributed by atoms with E-state index < -0.39 is 29.3 Å². The number of carbonyl (C=O) groups excluding carboxylic acids is 2. The fourth-order valence-electron chi connectivity index (χ4n) is 2.98. The molecule has 2 N–H and O–H groups in total. The predicted octanol–water partition coefficient (Wildman–Crippen LogP) is 4.56. The molecule has 0 saturated carbocycles. The summed E-state index contributed by atoms with van der Waals surface area (Å²) in [5.41, 5.74) is -1.95. The third-order valence-corrected chi connectivity index (χ3v) is 5.83. The van der Waals surface area contributed by atoms with E-state index in [2.05, 4.69) is 10.6 Å². The molecule has 2 aromatic heterocycles. The average Bonchev–Trinajstić information content (AvgIpc) is 3.06. The van der Waals surface area contributed by atoms with Gasteiger partial charge < -0.3 is 24.5 Å². The number of nitrogens with one attached hydrogen (secondary N) is 2. The predicted molar refractivity (Wildman–Crippen MR) is 119 cm³/mol. The van der Waals surface area contributed by atoms with E-state index in [0.29, 0.717) is 11.6 Å². The van der Waals surface area contributed by atoms with E-state index in [1.807, 2.05) is 0 Å². The van der Waals surface area contributed by atoms with E-state index in [1.54, 1.807) is 6.92 Å². The Morgan fingerprint density at radius 3 is 2.36 bits per heavy atom. The van der Waals surface area contributed by atoms with Gasteiger partial charge in [-0.25, -0.2) is 14.4 Å². The van der Waals surface area contributed by atoms with E-state index in [-0.39, 0.29) is 37.2 Å². The lowest BCUT2D eigenvalue weighted by atomic mass is 10.1. The number of carbonyl (C=O) groups is 2. The van der Waals surface area contributed by atoms with Crippen molar-refractivity contribution >= 4 is 62.3 Å². The average molecular weight is 500 g/mol. The van der Waals surface area contributed by atoms with Crippen LogP contribution < -0.4 is 16.3 Å². The second kappa shape index (κ2) is 9.19. The van der Waals surface area contributed by atoms with Crippen LogP contribution in [0, 0.1) is 6.92 Å². The highest BCUT2D eigenvalue weighted by atomic mass is 32.1. The van der Waals surface area contributed by atoms with Crippen LogP contribution in [0.4, 0.5) is 23.9 Å². The molecule has 0 aliphatic heterocycles. The standard InChI is InChI=1S/C20H15F3N2O6S2/c1-8-14(17(27)29-2)16(33-15(8)18(28)30-3)25-19(32)24-9-4-5-10-11(20(21,22)23)7-13(26)31-12(10)6-9/h4-7H,1-3H3,(H2,24,25,32). The van der Waals surface area contributed by atoms with E-state index in [0.717, 1.165) is 17.4 Å². The Bertz CT molecular complexity index is 1330. The van der Waals surface area contributed by atoms with Crippen molar-refractivity contribution < 1.29 is 36.7 Å². The Morgan fingerprint density at radius 2 is 1.76 bits per heavy atom. The normalized spacial score (nSPS) is 11.2. The Morgan fingerprint density at radius 1 is 1.09 bits per heavy atom. The Hall–Kier alpha value is -3.45. The number of benzene rings is 1. The van der Waals surface area contributed by atoms with Crippen LogP contribution in [0.1, 0.15) is 31.2 Å². The molecule has 0 aliphatic rings. The van der Waals surface area contributed by atoms with Gasteiger partial charge in [0.25, 0.3) is 0 Å². The lowest BCUT2D eigenvalue weighted by molar-refractivity contribution is -0.136. The van der Waals surface area contributed by atoms with Crippen LogP contribution in [0.15, 0.2) is 33.5 Å². The first-order valence-corrected chi connectivity index (χ1v) is 10.2. The number of thiophene rings is 1. The molecule has 0 amide bonds. The molecule has 2 heterocycles. The van der Waals surface area contributed by atoms with Gasteiger partial charge in [-0.3, -0.25) is 0 Å². The van der Waals surface area contributed by atoms with Gasteiger partial charge in [0.05, 0.1) is 25.3 Å². The highest BCUT2D eigenvalue weighted by Gasteiger charge is 2.34. The molecular weight excluding hydrogens is 485 g/mol. The topological polar surface area (TPSA) is 107 Å². The number of thiocarbonyl (C=S) groups is 1. The summed E-state index contributed by atoms with van der Waals surface area (Å²) in [5, 5.41) is 5.35. The van der Waals surface area contributed by atoms with Crippen LogP contribution in [-0.4, -0.2) is 31.3 Å². The van der Waals surface area contributed by atoms with Crippen LogP contribution in [0.2, 0.25) is 0 Å². The number of esters is 2. The monoisotopic (exact) mass is 500 g/mol. The Labute approximate surface area is 193 Å². The van der Waals surface area contributed by atoms with E-state index >= 15 is 0 Å². The third-order valence-electron chi connectivity index (χ3n) is 4.44. The van der Waals surface area contributed by atoms with Crippen molar-refractivity contribution in [3.8, 4) is 0 Å². The molecule has 0 atom stereocenters. The summed E-state index contributed by atoms with van der Waals surface area (Å²) in [6.07, 6.45) is -4.74. The molecule has 1 aromatic carbocycles. The first-order chi connectivity index (χ1) is 15.5.